The topological polar surface area (TPSA) is 57.7 Å². The number of methoxy groups -OCH3 is 1. The maximum Gasteiger partial charge on any atom is 0.252 e. The average Bonchev–Trinajstić information content (AvgIpc) is 3.73. The number of carbonyl (C=O) groups is 1. The zero-order valence-electron chi connectivity index (χ0n) is 24.3. The van der Waals surface area contributed by atoms with Crippen LogP contribution in [-0.4, -0.2) is 55.8 Å². The van der Waals surface area contributed by atoms with E-state index in [0.29, 0.717) is 11.3 Å². The zero-order valence-corrected chi connectivity index (χ0v) is 25.2. The van der Waals surface area contributed by atoms with Gasteiger partial charge >= 0.3 is 0 Å². The fourth-order valence-electron chi connectivity index (χ4n) is 4.82. The summed E-state index contributed by atoms with van der Waals surface area (Å²) in [6.07, 6.45) is 11.8. The number of thiol groups is 1. The van der Waals surface area contributed by atoms with E-state index in [2.05, 4.69) is 84.1 Å². The van der Waals surface area contributed by atoms with Crippen LogP contribution in [-0.2, 0) is 5.54 Å². The largest absolute Gasteiger partial charge is 0.497 e. The lowest BCUT2D eigenvalue weighted by Crippen LogP contribution is -2.35. The minimum absolute atomic E-state index is 0.0553. The van der Waals surface area contributed by atoms with E-state index in [1.807, 2.05) is 37.4 Å². The first kappa shape index (κ1) is 30.4. The predicted molar refractivity (Wildman–Crippen MR) is 167 cm³/mol. The minimum atomic E-state index is -0.353. The lowest BCUT2D eigenvalue weighted by Gasteiger charge is -2.27. The highest BCUT2D eigenvalue weighted by molar-refractivity contribution is 7.79. The Hall–Kier alpha value is -3.19. The molecule has 0 unspecified atom stereocenters. The molecule has 1 N–H and O–H groups in total. The van der Waals surface area contributed by atoms with Crippen LogP contribution in [0.4, 0.5) is 5.69 Å². The number of carbonyl (C=O) groups excluding carboxylic acids is 1. The molecule has 5 rings (SSSR count). The number of likely N-dealkylation sites (N-methyl/N-ethyl adjacent to an activating group) is 1. The number of hydrogen-bond acceptors (Lipinski definition) is 6. The van der Waals surface area contributed by atoms with E-state index in [9.17, 15) is 4.79 Å². The van der Waals surface area contributed by atoms with E-state index in [1.165, 1.54) is 11.3 Å². The van der Waals surface area contributed by atoms with Gasteiger partial charge in [0.05, 0.1) is 18.2 Å². The van der Waals surface area contributed by atoms with Crippen molar-refractivity contribution in [2.24, 2.45) is 0 Å². The highest BCUT2D eigenvalue weighted by Crippen LogP contribution is 2.49. The molecule has 2 heterocycles. The number of nitrogens with one attached hydrogen (secondary N) is 1. The van der Waals surface area contributed by atoms with Gasteiger partial charge in [-0.25, -0.2) is 0 Å². The third-order valence-electron chi connectivity index (χ3n) is 7.12. The van der Waals surface area contributed by atoms with Crippen LogP contribution in [0.2, 0.25) is 0 Å². The predicted octanol–water partition coefficient (Wildman–Crippen LogP) is 6.59. The number of fused-ring (bicyclic) bond motifs is 1. The maximum atomic E-state index is 13.3. The Kier molecular flexibility index (Phi) is 11.1. The van der Waals surface area contributed by atoms with Gasteiger partial charge in [0.1, 0.15) is 5.75 Å². The summed E-state index contributed by atoms with van der Waals surface area (Å²) in [7, 11) is 3.68. The molecule has 0 radical (unpaired) electrons. The molecule has 3 aromatic rings. The fourth-order valence-corrected chi connectivity index (χ4v) is 4.82. The van der Waals surface area contributed by atoms with Gasteiger partial charge in [-0.2, -0.15) is 12.6 Å². The molecule has 1 aliphatic carbocycles. The normalized spacial score (nSPS) is 14.3. The van der Waals surface area contributed by atoms with Crippen LogP contribution in [0.5, 0.6) is 5.75 Å². The van der Waals surface area contributed by atoms with Crippen LogP contribution in [0.1, 0.15) is 61.0 Å². The molecular formula is C32H44N4O2S. The van der Waals surface area contributed by atoms with Crippen molar-refractivity contribution in [3.05, 3.63) is 77.6 Å². The van der Waals surface area contributed by atoms with E-state index in [-0.39, 0.29) is 11.4 Å². The van der Waals surface area contributed by atoms with Crippen molar-refractivity contribution in [2.45, 2.75) is 52.0 Å². The zero-order chi connectivity index (χ0) is 28.4. The molecule has 7 heteroatoms. The van der Waals surface area contributed by atoms with Gasteiger partial charge in [0.25, 0.3) is 5.91 Å². The van der Waals surface area contributed by atoms with Crippen molar-refractivity contribution in [1.29, 1.82) is 0 Å². The van der Waals surface area contributed by atoms with Crippen molar-refractivity contribution in [1.82, 2.24) is 15.2 Å². The number of ether oxygens (including phenoxy) is 1. The smallest absolute Gasteiger partial charge is 0.252 e. The Morgan fingerprint density at radius 2 is 1.79 bits per heavy atom. The van der Waals surface area contributed by atoms with E-state index in [0.717, 1.165) is 61.8 Å². The maximum absolute atomic E-state index is 13.3. The monoisotopic (exact) mass is 548 g/mol. The summed E-state index contributed by atoms with van der Waals surface area (Å²) in [5.41, 5.74) is 4.59. The van der Waals surface area contributed by atoms with Crippen molar-refractivity contribution >= 4 is 35.1 Å². The van der Waals surface area contributed by atoms with Gasteiger partial charge < -0.3 is 19.9 Å². The number of pyridine rings is 1. The molecule has 0 spiro atoms. The summed E-state index contributed by atoms with van der Waals surface area (Å²) >= 11 is 3.53. The van der Waals surface area contributed by atoms with Gasteiger partial charge in [-0.3, -0.25) is 9.78 Å². The van der Waals surface area contributed by atoms with Gasteiger partial charge in [0.2, 0.25) is 0 Å². The van der Waals surface area contributed by atoms with Crippen LogP contribution in [0, 0.1) is 6.92 Å². The van der Waals surface area contributed by atoms with Gasteiger partial charge in [-0.1, -0.05) is 26.0 Å². The van der Waals surface area contributed by atoms with Crippen molar-refractivity contribution < 1.29 is 9.53 Å². The molecule has 0 saturated heterocycles. The Labute approximate surface area is 239 Å². The standard InChI is InChI=1S/C27H33N3O2.C4H7N.CH4S/c1-5-14-30(15-6-2)20-16-24(22-8-7-13-28-25(22)17-20)27(11-12-27)29-26(31)23-18-21(32-4)10-9-19(23)3;1-5-3-2-4-5;1-2/h7-10,13,16-18H,5-6,11-12,14-15H2,1-4H3,(H,29,31);2-3H,4H2,1H3;2H,1H3. The Morgan fingerprint density at radius 1 is 1.13 bits per heavy atom. The first-order valence-electron chi connectivity index (χ1n) is 13.8. The molecular weight excluding hydrogens is 504 g/mol. The van der Waals surface area contributed by atoms with Gasteiger partial charge in [0, 0.05) is 49.5 Å². The summed E-state index contributed by atoms with van der Waals surface area (Å²) in [4.78, 5) is 22.6. The molecule has 39 heavy (non-hydrogen) atoms. The fraction of sp³-hybridized carbons (Fsp3) is 0.438. The number of rotatable bonds is 9. The van der Waals surface area contributed by atoms with Gasteiger partial charge in [-0.05, 0) is 92.6 Å². The van der Waals surface area contributed by atoms with Gasteiger partial charge in [-0.15, -0.1) is 0 Å². The van der Waals surface area contributed by atoms with Crippen LogP contribution in [0.15, 0.2) is 60.9 Å². The molecule has 1 aromatic heterocycles. The number of aromatic nitrogens is 1. The molecule has 2 aliphatic rings. The second-order valence-corrected chi connectivity index (χ2v) is 10.1. The van der Waals surface area contributed by atoms with Crippen molar-refractivity contribution in [2.75, 3.05) is 44.9 Å². The summed E-state index contributed by atoms with van der Waals surface area (Å²) in [5.74, 6) is 0.636. The lowest BCUT2D eigenvalue weighted by molar-refractivity contribution is 0.0930. The molecule has 0 atom stereocenters. The van der Waals surface area contributed by atoms with E-state index in [4.69, 9.17) is 4.74 Å². The Bertz CT molecular complexity index is 1270. The molecule has 1 aliphatic heterocycles. The van der Waals surface area contributed by atoms with Crippen LogP contribution >= 0.6 is 12.6 Å². The third kappa shape index (κ3) is 7.47. The molecule has 1 saturated carbocycles. The second kappa shape index (κ2) is 14.3. The molecule has 1 fully saturated rings. The van der Waals surface area contributed by atoms with Gasteiger partial charge in [0.15, 0.2) is 0 Å². The van der Waals surface area contributed by atoms with Crippen molar-refractivity contribution in [3.63, 3.8) is 0 Å². The molecule has 2 aromatic carbocycles. The number of nitrogens with zero attached hydrogens (tertiary/aromatic N) is 3. The summed E-state index contributed by atoms with van der Waals surface area (Å²) in [5, 5.41) is 4.49. The number of hydrogen-bond donors (Lipinski definition) is 2. The highest BCUT2D eigenvalue weighted by atomic mass is 32.1. The Balaban J connectivity index is 0.000000530. The molecule has 210 valence electrons. The second-order valence-electron chi connectivity index (χ2n) is 10.1. The van der Waals surface area contributed by atoms with E-state index < -0.39 is 0 Å². The van der Waals surface area contributed by atoms with Crippen LogP contribution in [0.25, 0.3) is 10.9 Å². The van der Waals surface area contributed by atoms with Crippen LogP contribution < -0.4 is 15.0 Å². The van der Waals surface area contributed by atoms with E-state index >= 15 is 0 Å². The number of amides is 1. The van der Waals surface area contributed by atoms with Crippen molar-refractivity contribution in [3.8, 4) is 5.75 Å². The molecule has 6 nitrogen and oxygen atoms in total. The quantitative estimate of drug-likeness (QED) is 0.296. The first-order chi connectivity index (χ1) is 18.9. The number of aryl methyl sites for hydroxylation is 1. The first-order valence-corrected chi connectivity index (χ1v) is 14.7. The summed E-state index contributed by atoms with van der Waals surface area (Å²) in [6.45, 7) is 9.53. The molecule has 1 amide bonds. The molecule has 0 bridgehead atoms. The minimum Gasteiger partial charge on any atom is -0.497 e. The lowest BCUT2D eigenvalue weighted by atomic mass is 9.97. The average molecular weight is 549 g/mol. The summed E-state index contributed by atoms with van der Waals surface area (Å²) in [6, 6.07) is 14.2. The van der Waals surface area contributed by atoms with E-state index in [1.54, 1.807) is 13.4 Å². The summed E-state index contributed by atoms with van der Waals surface area (Å²) < 4.78 is 5.34. The SMILES string of the molecule is CCCN(CCC)c1cc(C2(NC(=O)c3cc(OC)ccc3C)CC2)c2cccnc2c1.CN1C=CC1.CS. The Morgan fingerprint density at radius 3 is 2.33 bits per heavy atom. The number of anilines is 1. The number of benzene rings is 2. The highest BCUT2D eigenvalue weighted by Gasteiger charge is 2.47. The van der Waals surface area contributed by atoms with Crippen LogP contribution in [0.3, 0.4) is 0 Å². The third-order valence-corrected chi connectivity index (χ3v) is 7.12.